The van der Waals surface area contributed by atoms with Gasteiger partial charge in [-0.15, -0.1) is 0 Å². The van der Waals surface area contributed by atoms with Crippen molar-refractivity contribution in [2.75, 3.05) is 0 Å². The summed E-state index contributed by atoms with van der Waals surface area (Å²) < 4.78 is 0. The third-order valence-corrected chi connectivity index (χ3v) is 2.44. The number of hydrogen-bond acceptors (Lipinski definition) is 1. The Balaban J connectivity index is 2.37. The highest BCUT2D eigenvalue weighted by Gasteiger charge is 1.97. The molecule has 0 heterocycles. The van der Waals surface area contributed by atoms with Crippen LogP contribution in [0.15, 0.2) is 24.3 Å². The number of phenols is 1. The van der Waals surface area contributed by atoms with Gasteiger partial charge >= 0.3 is 0 Å². The van der Waals surface area contributed by atoms with E-state index in [1.165, 1.54) is 12.0 Å². The van der Waals surface area contributed by atoms with Gasteiger partial charge in [0.1, 0.15) is 5.75 Å². The summed E-state index contributed by atoms with van der Waals surface area (Å²) in [5.41, 5.74) is 1.22. The third-order valence-electron chi connectivity index (χ3n) is 1.98. The van der Waals surface area contributed by atoms with Crippen LogP contribution in [0.2, 0.25) is 0 Å². The van der Waals surface area contributed by atoms with Gasteiger partial charge in [0, 0.05) is 4.83 Å². The number of hydrogen-bond donors (Lipinski definition) is 1. The molecule has 0 spiro atoms. The van der Waals surface area contributed by atoms with E-state index in [-0.39, 0.29) is 0 Å². The van der Waals surface area contributed by atoms with Crippen molar-refractivity contribution in [1.82, 2.24) is 0 Å². The molecule has 1 aromatic rings. The van der Waals surface area contributed by atoms with Crippen molar-refractivity contribution in [2.45, 2.75) is 31.0 Å². The molecule has 2 heteroatoms. The van der Waals surface area contributed by atoms with Gasteiger partial charge in [0.25, 0.3) is 0 Å². The molecule has 0 aliphatic rings. The van der Waals surface area contributed by atoms with Gasteiger partial charge in [-0.05, 0) is 37.0 Å². The van der Waals surface area contributed by atoms with Gasteiger partial charge in [-0.2, -0.15) is 0 Å². The summed E-state index contributed by atoms with van der Waals surface area (Å²) in [6.07, 6.45) is 3.38. The van der Waals surface area contributed by atoms with Crippen LogP contribution in [-0.4, -0.2) is 9.93 Å². The van der Waals surface area contributed by atoms with E-state index >= 15 is 0 Å². The van der Waals surface area contributed by atoms with Gasteiger partial charge in [0.05, 0.1) is 0 Å². The Bertz CT molecular complexity index is 258. The third kappa shape index (κ3) is 4.32. The molecular weight excluding hydrogens is 228 g/mol. The standard InChI is InChI=1S/C11H15BrO/c1-9(12)4-2-5-10-6-3-7-11(13)8-10/h3,6-9,13H,2,4-5H2,1H3. The maximum atomic E-state index is 9.21. The first kappa shape index (κ1) is 10.6. The predicted molar refractivity (Wildman–Crippen MR) is 59.4 cm³/mol. The van der Waals surface area contributed by atoms with E-state index in [0.717, 1.165) is 12.8 Å². The lowest BCUT2D eigenvalue weighted by atomic mass is 10.1. The summed E-state index contributed by atoms with van der Waals surface area (Å²) in [6.45, 7) is 2.16. The van der Waals surface area contributed by atoms with Crippen molar-refractivity contribution < 1.29 is 5.11 Å². The fourth-order valence-corrected chi connectivity index (χ4v) is 1.62. The van der Waals surface area contributed by atoms with Crippen LogP contribution in [0, 0.1) is 0 Å². The van der Waals surface area contributed by atoms with Gasteiger partial charge < -0.3 is 5.11 Å². The summed E-state index contributed by atoms with van der Waals surface area (Å²) in [5, 5.41) is 9.21. The average molecular weight is 243 g/mol. The second kappa shape index (κ2) is 5.28. The Kier molecular flexibility index (Phi) is 4.29. The van der Waals surface area contributed by atoms with E-state index in [0.29, 0.717) is 10.6 Å². The summed E-state index contributed by atoms with van der Waals surface area (Å²) in [5.74, 6) is 0.365. The fourth-order valence-electron chi connectivity index (χ4n) is 1.30. The van der Waals surface area contributed by atoms with Crippen LogP contribution in [0.1, 0.15) is 25.3 Å². The van der Waals surface area contributed by atoms with Crippen LogP contribution in [0.25, 0.3) is 0 Å². The Hall–Kier alpha value is -0.500. The molecule has 1 rings (SSSR count). The number of benzene rings is 1. The number of phenolic OH excluding ortho intramolecular Hbond substituents is 1. The molecule has 0 aromatic heterocycles. The quantitative estimate of drug-likeness (QED) is 0.802. The van der Waals surface area contributed by atoms with Crippen molar-refractivity contribution in [3.8, 4) is 5.75 Å². The van der Waals surface area contributed by atoms with Crippen molar-refractivity contribution in [2.24, 2.45) is 0 Å². The Morgan fingerprint density at radius 1 is 1.46 bits per heavy atom. The molecule has 0 amide bonds. The van der Waals surface area contributed by atoms with Crippen LogP contribution in [0.3, 0.4) is 0 Å². The van der Waals surface area contributed by atoms with Gasteiger partial charge in [-0.3, -0.25) is 0 Å². The molecule has 72 valence electrons. The molecule has 1 aromatic carbocycles. The first-order valence-corrected chi connectivity index (χ1v) is 5.52. The molecule has 13 heavy (non-hydrogen) atoms. The summed E-state index contributed by atoms with van der Waals surface area (Å²) in [4.78, 5) is 0.588. The van der Waals surface area contributed by atoms with Gasteiger partial charge in [0.15, 0.2) is 0 Å². The molecule has 1 unspecified atom stereocenters. The maximum absolute atomic E-state index is 9.21. The highest BCUT2D eigenvalue weighted by atomic mass is 79.9. The Labute approximate surface area is 87.9 Å². The van der Waals surface area contributed by atoms with Crippen molar-refractivity contribution in [3.05, 3.63) is 29.8 Å². The monoisotopic (exact) mass is 242 g/mol. The van der Waals surface area contributed by atoms with Crippen LogP contribution in [0.5, 0.6) is 5.75 Å². The minimum absolute atomic E-state index is 0.365. The predicted octanol–water partition coefficient (Wildman–Crippen LogP) is 3.50. The highest BCUT2D eigenvalue weighted by Crippen LogP contribution is 2.15. The minimum Gasteiger partial charge on any atom is -0.508 e. The number of aryl methyl sites for hydroxylation is 1. The van der Waals surface area contributed by atoms with Gasteiger partial charge in [0.2, 0.25) is 0 Å². The van der Waals surface area contributed by atoms with Crippen molar-refractivity contribution >= 4 is 15.9 Å². The van der Waals surface area contributed by atoms with E-state index in [1.807, 2.05) is 12.1 Å². The molecule has 1 nitrogen and oxygen atoms in total. The number of halogens is 1. The maximum Gasteiger partial charge on any atom is 0.115 e. The van der Waals surface area contributed by atoms with E-state index in [4.69, 9.17) is 0 Å². The number of alkyl halides is 1. The highest BCUT2D eigenvalue weighted by molar-refractivity contribution is 9.09. The zero-order valence-electron chi connectivity index (χ0n) is 7.83. The molecule has 0 saturated heterocycles. The van der Waals surface area contributed by atoms with E-state index < -0.39 is 0 Å². The first-order valence-electron chi connectivity index (χ1n) is 4.60. The Morgan fingerprint density at radius 2 is 2.23 bits per heavy atom. The molecule has 0 fully saturated rings. The molecule has 0 bridgehead atoms. The fraction of sp³-hybridized carbons (Fsp3) is 0.455. The van der Waals surface area contributed by atoms with Crippen LogP contribution in [0.4, 0.5) is 0 Å². The normalized spacial score (nSPS) is 12.8. The van der Waals surface area contributed by atoms with Gasteiger partial charge in [-0.25, -0.2) is 0 Å². The second-order valence-corrected chi connectivity index (χ2v) is 4.91. The van der Waals surface area contributed by atoms with E-state index in [2.05, 4.69) is 28.9 Å². The Morgan fingerprint density at radius 3 is 2.85 bits per heavy atom. The van der Waals surface area contributed by atoms with E-state index in [9.17, 15) is 5.11 Å². The first-order chi connectivity index (χ1) is 6.18. The van der Waals surface area contributed by atoms with Crippen LogP contribution in [-0.2, 0) is 6.42 Å². The zero-order valence-corrected chi connectivity index (χ0v) is 9.42. The van der Waals surface area contributed by atoms with Crippen LogP contribution < -0.4 is 0 Å². The van der Waals surface area contributed by atoms with Crippen molar-refractivity contribution in [3.63, 3.8) is 0 Å². The lowest BCUT2D eigenvalue weighted by molar-refractivity contribution is 0.474. The van der Waals surface area contributed by atoms with E-state index in [1.54, 1.807) is 6.07 Å². The molecule has 0 saturated carbocycles. The smallest absolute Gasteiger partial charge is 0.115 e. The SMILES string of the molecule is CC(Br)CCCc1cccc(O)c1. The number of rotatable bonds is 4. The largest absolute Gasteiger partial charge is 0.508 e. The summed E-state index contributed by atoms with van der Waals surface area (Å²) >= 11 is 3.51. The molecular formula is C11H15BrO. The van der Waals surface area contributed by atoms with Crippen molar-refractivity contribution in [1.29, 1.82) is 0 Å². The van der Waals surface area contributed by atoms with Gasteiger partial charge in [-0.1, -0.05) is 35.0 Å². The zero-order chi connectivity index (χ0) is 9.68. The molecule has 0 aliphatic heterocycles. The lowest BCUT2D eigenvalue weighted by Gasteiger charge is -2.03. The number of aromatic hydroxyl groups is 1. The minimum atomic E-state index is 0.365. The summed E-state index contributed by atoms with van der Waals surface area (Å²) in [7, 11) is 0. The second-order valence-electron chi connectivity index (χ2n) is 3.34. The topological polar surface area (TPSA) is 20.2 Å². The lowest BCUT2D eigenvalue weighted by Crippen LogP contribution is -1.92. The molecule has 1 atom stereocenters. The average Bonchev–Trinajstić information content (AvgIpc) is 2.03. The summed E-state index contributed by atoms with van der Waals surface area (Å²) in [6, 6.07) is 7.48. The molecule has 0 aliphatic carbocycles. The molecule has 0 radical (unpaired) electrons. The van der Waals surface area contributed by atoms with Crippen LogP contribution >= 0.6 is 15.9 Å². The molecule has 1 N–H and O–H groups in total.